The van der Waals surface area contributed by atoms with Crippen molar-refractivity contribution in [3.05, 3.63) is 59.9 Å². The highest BCUT2D eigenvalue weighted by atomic mass is 19.1. The number of anilines is 2. The molecule has 0 heterocycles. The maximum absolute atomic E-state index is 13.5. The number of halogens is 1. The molecule has 1 N–H and O–H groups in total. The van der Waals surface area contributed by atoms with Gasteiger partial charge in [0.1, 0.15) is 12.2 Å². The van der Waals surface area contributed by atoms with Crippen LogP contribution in [-0.2, 0) is 9.59 Å². The summed E-state index contributed by atoms with van der Waals surface area (Å²) >= 11 is 0. The van der Waals surface area contributed by atoms with E-state index < -0.39 is 11.7 Å². The zero-order chi connectivity index (χ0) is 16.8. The molecule has 0 aliphatic carbocycles. The molecule has 0 aliphatic rings. The van der Waals surface area contributed by atoms with Crippen molar-refractivity contribution in [1.29, 1.82) is 0 Å². The molecule has 120 valence electrons. The molecule has 2 amide bonds. The van der Waals surface area contributed by atoms with Crippen LogP contribution in [0.5, 0.6) is 0 Å². The van der Waals surface area contributed by atoms with Gasteiger partial charge in [0.15, 0.2) is 0 Å². The summed E-state index contributed by atoms with van der Waals surface area (Å²) in [6, 6.07) is 13.4. The van der Waals surface area contributed by atoms with E-state index in [1.54, 1.807) is 6.07 Å². The molecule has 0 aliphatic heterocycles. The van der Waals surface area contributed by atoms with Crippen molar-refractivity contribution < 1.29 is 14.0 Å². The van der Waals surface area contributed by atoms with Crippen LogP contribution in [0, 0.1) is 12.7 Å². The number of para-hydroxylation sites is 1. The first kappa shape index (κ1) is 16.7. The average Bonchev–Trinajstić information content (AvgIpc) is 2.50. The van der Waals surface area contributed by atoms with Gasteiger partial charge in [0.25, 0.3) is 0 Å². The van der Waals surface area contributed by atoms with Crippen molar-refractivity contribution >= 4 is 23.2 Å². The average molecular weight is 314 g/mol. The topological polar surface area (TPSA) is 49.4 Å². The first-order valence-electron chi connectivity index (χ1n) is 7.42. The SMILES string of the molecule is CCN(C(=O)CC(=O)Nc1ccccc1F)c1cccc(C)c1. The Morgan fingerprint density at radius 1 is 1.13 bits per heavy atom. The molecule has 0 bridgehead atoms. The molecule has 4 nitrogen and oxygen atoms in total. The molecule has 2 aromatic carbocycles. The fourth-order valence-corrected chi connectivity index (χ4v) is 2.29. The highest BCUT2D eigenvalue weighted by molar-refractivity contribution is 6.09. The van der Waals surface area contributed by atoms with E-state index in [0.29, 0.717) is 6.54 Å². The Balaban J connectivity index is 2.05. The lowest BCUT2D eigenvalue weighted by atomic mass is 10.2. The molecular weight excluding hydrogens is 295 g/mol. The zero-order valence-corrected chi connectivity index (χ0v) is 13.2. The van der Waals surface area contributed by atoms with E-state index in [0.717, 1.165) is 11.3 Å². The van der Waals surface area contributed by atoms with E-state index in [9.17, 15) is 14.0 Å². The third kappa shape index (κ3) is 4.39. The third-order valence-electron chi connectivity index (χ3n) is 3.39. The molecule has 0 atom stereocenters. The second-order valence-electron chi connectivity index (χ2n) is 5.18. The van der Waals surface area contributed by atoms with E-state index in [1.807, 2.05) is 38.1 Å². The van der Waals surface area contributed by atoms with Gasteiger partial charge in [0.2, 0.25) is 11.8 Å². The smallest absolute Gasteiger partial charge is 0.236 e. The minimum Gasteiger partial charge on any atom is -0.323 e. The Bertz CT molecular complexity index is 716. The number of carbonyl (C=O) groups excluding carboxylic acids is 2. The van der Waals surface area contributed by atoms with E-state index >= 15 is 0 Å². The predicted molar refractivity (Wildman–Crippen MR) is 88.9 cm³/mol. The van der Waals surface area contributed by atoms with Gasteiger partial charge < -0.3 is 10.2 Å². The molecular formula is C18H19FN2O2. The lowest BCUT2D eigenvalue weighted by Crippen LogP contribution is -2.33. The van der Waals surface area contributed by atoms with E-state index in [2.05, 4.69) is 5.32 Å². The number of carbonyl (C=O) groups is 2. The fraction of sp³-hybridized carbons (Fsp3) is 0.222. The Morgan fingerprint density at radius 3 is 2.52 bits per heavy atom. The summed E-state index contributed by atoms with van der Waals surface area (Å²) in [4.78, 5) is 25.8. The van der Waals surface area contributed by atoms with Gasteiger partial charge >= 0.3 is 0 Å². The predicted octanol–water partition coefficient (Wildman–Crippen LogP) is 3.52. The Labute approximate surface area is 134 Å². The van der Waals surface area contributed by atoms with Gasteiger partial charge in [-0.3, -0.25) is 9.59 Å². The lowest BCUT2D eigenvalue weighted by Gasteiger charge is -2.21. The molecule has 0 fully saturated rings. The largest absolute Gasteiger partial charge is 0.323 e. The number of aryl methyl sites for hydroxylation is 1. The molecule has 0 aromatic heterocycles. The molecule has 0 saturated carbocycles. The molecule has 0 radical (unpaired) electrons. The Morgan fingerprint density at radius 2 is 1.87 bits per heavy atom. The van der Waals surface area contributed by atoms with Crippen molar-refractivity contribution in [2.24, 2.45) is 0 Å². The monoisotopic (exact) mass is 314 g/mol. The second kappa shape index (κ2) is 7.54. The van der Waals surface area contributed by atoms with Crippen molar-refractivity contribution in [2.75, 3.05) is 16.8 Å². The summed E-state index contributed by atoms with van der Waals surface area (Å²) in [6.45, 7) is 4.23. The molecule has 0 unspecified atom stereocenters. The number of benzene rings is 2. The molecule has 23 heavy (non-hydrogen) atoms. The standard InChI is InChI=1S/C18H19FN2O2/c1-3-21(14-8-6-7-13(2)11-14)18(23)12-17(22)20-16-10-5-4-9-15(16)19/h4-11H,3,12H2,1-2H3,(H,20,22). The van der Waals surface area contributed by atoms with Crippen LogP contribution in [0.4, 0.5) is 15.8 Å². The molecule has 5 heteroatoms. The van der Waals surface area contributed by atoms with Gasteiger partial charge in [-0.1, -0.05) is 24.3 Å². The summed E-state index contributed by atoms with van der Waals surface area (Å²) in [5.74, 6) is -1.39. The second-order valence-corrected chi connectivity index (χ2v) is 5.18. The maximum atomic E-state index is 13.5. The highest BCUT2D eigenvalue weighted by Crippen LogP contribution is 2.17. The molecule has 0 spiro atoms. The van der Waals surface area contributed by atoms with Gasteiger partial charge in [-0.05, 0) is 43.7 Å². The maximum Gasteiger partial charge on any atom is 0.236 e. The molecule has 2 rings (SSSR count). The van der Waals surface area contributed by atoms with Crippen molar-refractivity contribution in [2.45, 2.75) is 20.3 Å². The quantitative estimate of drug-likeness (QED) is 0.859. The van der Waals surface area contributed by atoms with Crippen LogP contribution in [-0.4, -0.2) is 18.4 Å². The van der Waals surface area contributed by atoms with Crippen LogP contribution in [0.15, 0.2) is 48.5 Å². The summed E-state index contributed by atoms with van der Waals surface area (Å²) in [5.41, 5.74) is 1.85. The fourth-order valence-electron chi connectivity index (χ4n) is 2.29. The molecule has 0 saturated heterocycles. The minimum atomic E-state index is -0.536. The van der Waals surface area contributed by atoms with Crippen LogP contribution < -0.4 is 10.2 Å². The van der Waals surface area contributed by atoms with Crippen LogP contribution in [0.1, 0.15) is 18.9 Å². The Hall–Kier alpha value is -2.69. The van der Waals surface area contributed by atoms with Gasteiger partial charge in [0.05, 0.1) is 5.69 Å². The summed E-state index contributed by atoms with van der Waals surface area (Å²) < 4.78 is 13.5. The molecule has 2 aromatic rings. The van der Waals surface area contributed by atoms with Crippen molar-refractivity contribution in [3.8, 4) is 0 Å². The van der Waals surface area contributed by atoms with Crippen molar-refractivity contribution in [1.82, 2.24) is 0 Å². The number of hydrogen-bond acceptors (Lipinski definition) is 2. The van der Waals surface area contributed by atoms with Gasteiger partial charge in [-0.25, -0.2) is 4.39 Å². The van der Waals surface area contributed by atoms with Crippen LogP contribution in [0.3, 0.4) is 0 Å². The summed E-state index contributed by atoms with van der Waals surface area (Å²) in [6.07, 6.45) is -0.337. The normalized spacial score (nSPS) is 10.2. The van der Waals surface area contributed by atoms with E-state index in [-0.39, 0.29) is 18.0 Å². The van der Waals surface area contributed by atoms with E-state index in [1.165, 1.54) is 23.1 Å². The van der Waals surface area contributed by atoms with Crippen LogP contribution in [0.2, 0.25) is 0 Å². The number of hydrogen-bond donors (Lipinski definition) is 1. The third-order valence-corrected chi connectivity index (χ3v) is 3.39. The number of rotatable bonds is 5. The number of nitrogens with one attached hydrogen (secondary N) is 1. The summed E-state index contributed by atoms with van der Waals surface area (Å²) in [7, 11) is 0. The van der Waals surface area contributed by atoms with Gasteiger partial charge in [-0.2, -0.15) is 0 Å². The van der Waals surface area contributed by atoms with Crippen molar-refractivity contribution in [3.63, 3.8) is 0 Å². The first-order valence-corrected chi connectivity index (χ1v) is 7.42. The van der Waals surface area contributed by atoms with Crippen LogP contribution >= 0.6 is 0 Å². The number of nitrogens with zero attached hydrogens (tertiary/aromatic N) is 1. The highest BCUT2D eigenvalue weighted by Gasteiger charge is 2.18. The Kier molecular flexibility index (Phi) is 5.46. The number of amides is 2. The zero-order valence-electron chi connectivity index (χ0n) is 13.2. The minimum absolute atomic E-state index is 0.0731. The first-order chi connectivity index (χ1) is 11.0. The summed E-state index contributed by atoms with van der Waals surface area (Å²) in [5, 5.41) is 2.42. The van der Waals surface area contributed by atoms with Gasteiger partial charge in [-0.15, -0.1) is 0 Å². The van der Waals surface area contributed by atoms with Crippen LogP contribution in [0.25, 0.3) is 0 Å². The van der Waals surface area contributed by atoms with Gasteiger partial charge in [0, 0.05) is 12.2 Å². The lowest BCUT2D eigenvalue weighted by molar-refractivity contribution is -0.125. The van der Waals surface area contributed by atoms with E-state index in [4.69, 9.17) is 0 Å².